The number of ether oxygens (including phenoxy) is 1. The van der Waals surface area contributed by atoms with Gasteiger partial charge in [-0.25, -0.2) is 23.7 Å². The Labute approximate surface area is 209 Å². The molecule has 6 rings (SSSR count). The number of hydrogen-bond donors (Lipinski definition) is 0. The molecule has 0 atom stereocenters. The van der Waals surface area contributed by atoms with E-state index < -0.39 is 11.6 Å². The van der Waals surface area contributed by atoms with Crippen molar-refractivity contribution in [1.29, 1.82) is 0 Å². The maximum atomic E-state index is 14.2. The summed E-state index contributed by atoms with van der Waals surface area (Å²) >= 11 is 0. The molecule has 0 bridgehead atoms. The van der Waals surface area contributed by atoms with Gasteiger partial charge in [-0.1, -0.05) is 11.2 Å². The van der Waals surface area contributed by atoms with E-state index in [4.69, 9.17) is 9.26 Å². The van der Waals surface area contributed by atoms with Crippen molar-refractivity contribution in [2.75, 3.05) is 0 Å². The Morgan fingerprint density at radius 1 is 1.00 bits per heavy atom. The van der Waals surface area contributed by atoms with Crippen LogP contribution in [-0.2, 0) is 20.2 Å². The third-order valence-electron chi connectivity index (χ3n) is 5.82. The first-order valence-corrected chi connectivity index (χ1v) is 11.3. The van der Waals surface area contributed by atoms with Crippen LogP contribution < -0.4 is 4.74 Å². The van der Waals surface area contributed by atoms with Crippen molar-refractivity contribution >= 4 is 0 Å². The van der Waals surface area contributed by atoms with Gasteiger partial charge in [-0.05, 0) is 36.4 Å². The molecule has 0 saturated heterocycles. The van der Waals surface area contributed by atoms with Crippen molar-refractivity contribution in [3.8, 4) is 39.8 Å². The van der Waals surface area contributed by atoms with Gasteiger partial charge in [0, 0.05) is 31.1 Å². The number of fused-ring (bicyclic) bond motifs is 1. The topological polar surface area (TPSA) is 96.7 Å². The summed E-state index contributed by atoms with van der Waals surface area (Å²) in [6.07, 6.45) is 6.78. The molecule has 2 aromatic carbocycles. The third kappa shape index (κ3) is 4.54. The Morgan fingerprint density at radius 2 is 1.84 bits per heavy atom. The van der Waals surface area contributed by atoms with Gasteiger partial charge in [-0.15, -0.1) is 0 Å². The van der Waals surface area contributed by atoms with Crippen LogP contribution >= 0.6 is 0 Å². The third-order valence-corrected chi connectivity index (χ3v) is 5.82. The summed E-state index contributed by atoms with van der Waals surface area (Å²) < 4.78 is 42.6. The smallest absolute Gasteiger partial charge is 0.169 e. The SMILES string of the molecule is Cn1ccnc1COc1ccc(-c2cc(Cn3cc4nc(-c5cccc(F)c5F)nc-4cn3)on2)cc1. The highest BCUT2D eigenvalue weighted by Gasteiger charge is 2.18. The lowest BCUT2D eigenvalue weighted by molar-refractivity contribution is 0.292. The second-order valence-corrected chi connectivity index (χ2v) is 8.34. The summed E-state index contributed by atoms with van der Waals surface area (Å²) in [6, 6.07) is 13.3. The van der Waals surface area contributed by atoms with Crippen LogP contribution in [0.25, 0.3) is 34.0 Å². The molecule has 37 heavy (non-hydrogen) atoms. The molecule has 2 aliphatic heterocycles. The van der Waals surface area contributed by atoms with Crippen LogP contribution in [0.5, 0.6) is 5.75 Å². The van der Waals surface area contributed by atoms with Crippen molar-refractivity contribution in [2.45, 2.75) is 13.2 Å². The molecule has 11 heteroatoms. The normalized spacial score (nSPS) is 11.3. The summed E-state index contributed by atoms with van der Waals surface area (Å²) in [5.74, 6) is 0.294. The molecule has 4 aromatic rings. The maximum Gasteiger partial charge on any atom is 0.169 e. The average molecular weight is 499 g/mol. The number of nitrogens with zero attached hydrogens (tertiary/aromatic N) is 7. The largest absolute Gasteiger partial charge is 0.486 e. The van der Waals surface area contributed by atoms with Gasteiger partial charge in [0.15, 0.2) is 23.2 Å². The van der Waals surface area contributed by atoms with E-state index in [9.17, 15) is 8.78 Å². The first kappa shape index (κ1) is 22.5. The first-order valence-electron chi connectivity index (χ1n) is 11.3. The predicted molar refractivity (Wildman–Crippen MR) is 128 cm³/mol. The van der Waals surface area contributed by atoms with Crippen LogP contribution in [0, 0.1) is 11.6 Å². The fourth-order valence-corrected chi connectivity index (χ4v) is 3.83. The van der Waals surface area contributed by atoms with Gasteiger partial charge in [0.1, 0.15) is 41.8 Å². The number of benzene rings is 2. The molecular formula is C26H19F2N7O2. The Hall–Kier alpha value is -4.93. The Kier molecular flexibility index (Phi) is 5.64. The van der Waals surface area contributed by atoms with Crippen LogP contribution in [0.15, 0.2) is 77.8 Å². The zero-order valence-electron chi connectivity index (χ0n) is 19.5. The molecule has 0 radical (unpaired) electrons. The van der Waals surface area contributed by atoms with Crippen LogP contribution in [0.4, 0.5) is 8.78 Å². The summed E-state index contributed by atoms with van der Waals surface area (Å²) in [4.78, 5) is 12.9. The van der Waals surface area contributed by atoms with E-state index in [2.05, 4.69) is 25.2 Å². The van der Waals surface area contributed by atoms with E-state index >= 15 is 0 Å². The monoisotopic (exact) mass is 499 g/mol. The van der Waals surface area contributed by atoms with E-state index in [0.29, 0.717) is 36.0 Å². The minimum atomic E-state index is -0.986. The summed E-state index contributed by atoms with van der Waals surface area (Å²) in [7, 11) is 1.92. The molecule has 2 aromatic heterocycles. The van der Waals surface area contributed by atoms with Gasteiger partial charge < -0.3 is 13.8 Å². The van der Waals surface area contributed by atoms with Gasteiger partial charge in [0.2, 0.25) is 0 Å². The number of aryl methyl sites for hydroxylation is 1. The number of hydrogen-bond acceptors (Lipinski definition) is 7. The zero-order valence-corrected chi connectivity index (χ0v) is 19.5. The molecule has 0 unspecified atom stereocenters. The number of imidazole rings is 2. The molecule has 0 fully saturated rings. The lowest BCUT2D eigenvalue weighted by Crippen LogP contribution is -2.04. The fraction of sp³-hybridized carbons (Fsp3) is 0.115. The highest BCUT2D eigenvalue weighted by atomic mass is 19.2. The molecule has 0 aliphatic carbocycles. The van der Waals surface area contributed by atoms with Crippen molar-refractivity contribution in [1.82, 2.24) is 34.5 Å². The van der Waals surface area contributed by atoms with Gasteiger partial charge in [-0.3, -0.25) is 4.68 Å². The zero-order chi connectivity index (χ0) is 25.4. The summed E-state index contributed by atoms with van der Waals surface area (Å²) in [5.41, 5.74) is 2.50. The fourth-order valence-electron chi connectivity index (χ4n) is 3.83. The van der Waals surface area contributed by atoms with E-state index in [1.54, 1.807) is 17.1 Å². The van der Waals surface area contributed by atoms with Gasteiger partial charge in [0.25, 0.3) is 0 Å². The lowest BCUT2D eigenvalue weighted by atomic mass is 10.1. The second kappa shape index (κ2) is 9.26. The molecule has 2 aliphatic rings. The standard InChI is InChI=1S/C26H19F2N7O2/c1-34-10-9-29-24(34)15-36-17-7-5-16(6-8-17)21-11-18(37-33-21)13-35-14-23-22(12-30-35)31-26(32-23)19-3-2-4-20(27)25(19)28/h2-12,14H,13,15H2,1H3. The molecule has 4 heterocycles. The van der Waals surface area contributed by atoms with Crippen LogP contribution in [-0.4, -0.2) is 34.5 Å². The van der Waals surface area contributed by atoms with E-state index in [0.717, 1.165) is 23.2 Å². The van der Waals surface area contributed by atoms with Crippen LogP contribution in [0.2, 0.25) is 0 Å². The molecular weight excluding hydrogens is 480 g/mol. The van der Waals surface area contributed by atoms with E-state index in [1.165, 1.54) is 18.3 Å². The maximum absolute atomic E-state index is 14.2. The summed E-state index contributed by atoms with van der Waals surface area (Å²) in [5, 5.41) is 8.48. The molecule has 0 saturated carbocycles. The molecule has 184 valence electrons. The number of aromatic nitrogens is 7. The van der Waals surface area contributed by atoms with Crippen LogP contribution in [0.3, 0.4) is 0 Å². The molecule has 0 N–H and O–H groups in total. The highest BCUT2D eigenvalue weighted by Crippen LogP contribution is 2.27. The minimum absolute atomic E-state index is 0.00400. The Bertz CT molecular complexity index is 1660. The number of rotatable bonds is 7. The van der Waals surface area contributed by atoms with E-state index in [1.807, 2.05) is 48.1 Å². The minimum Gasteiger partial charge on any atom is -0.486 e. The molecule has 9 nitrogen and oxygen atoms in total. The summed E-state index contributed by atoms with van der Waals surface area (Å²) in [6.45, 7) is 0.669. The van der Waals surface area contributed by atoms with Crippen molar-refractivity contribution in [3.05, 3.63) is 96.5 Å². The lowest BCUT2D eigenvalue weighted by Gasteiger charge is -2.06. The quantitative estimate of drug-likeness (QED) is 0.313. The van der Waals surface area contributed by atoms with Gasteiger partial charge >= 0.3 is 0 Å². The van der Waals surface area contributed by atoms with Crippen molar-refractivity contribution in [2.24, 2.45) is 7.05 Å². The molecule has 0 amide bonds. The van der Waals surface area contributed by atoms with E-state index in [-0.39, 0.29) is 11.4 Å². The highest BCUT2D eigenvalue weighted by molar-refractivity contribution is 5.65. The Morgan fingerprint density at radius 3 is 2.65 bits per heavy atom. The predicted octanol–water partition coefficient (Wildman–Crippen LogP) is 4.74. The van der Waals surface area contributed by atoms with Crippen molar-refractivity contribution in [3.63, 3.8) is 0 Å². The van der Waals surface area contributed by atoms with Crippen LogP contribution in [0.1, 0.15) is 11.6 Å². The molecule has 0 spiro atoms. The van der Waals surface area contributed by atoms with Gasteiger partial charge in [-0.2, -0.15) is 5.10 Å². The Balaban J connectivity index is 1.15. The average Bonchev–Trinajstić information content (AvgIpc) is 3.64. The second-order valence-electron chi connectivity index (χ2n) is 8.34. The first-order chi connectivity index (χ1) is 18.0. The van der Waals surface area contributed by atoms with Crippen molar-refractivity contribution < 1.29 is 18.0 Å². The number of halogens is 2. The van der Waals surface area contributed by atoms with Gasteiger partial charge in [0.05, 0.1) is 18.0 Å².